The molecule has 0 spiro atoms. The fourth-order valence-electron chi connectivity index (χ4n) is 2.30. The first-order valence-electron chi connectivity index (χ1n) is 6.99. The number of aryl methyl sites for hydroxylation is 3. The maximum atomic E-state index is 12.5. The van der Waals surface area contributed by atoms with Crippen molar-refractivity contribution in [2.45, 2.75) is 30.6 Å². The smallest absolute Gasteiger partial charge is 0.313 e. The van der Waals surface area contributed by atoms with Gasteiger partial charge in [-0.25, -0.2) is 4.21 Å². The molecule has 6 heteroatoms. The molecule has 0 fully saturated rings. The first kappa shape index (κ1) is 17.6. The Morgan fingerprint density at radius 1 is 1.13 bits per heavy atom. The van der Waals surface area contributed by atoms with Crippen LogP contribution in [0.4, 0.5) is 0 Å². The Labute approximate surface area is 142 Å². The molecule has 0 saturated heterocycles. The molecule has 0 saturated carbocycles. The van der Waals surface area contributed by atoms with Gasteiger partial charge in [-0.15, -0.1) is 11.8 Å². The molecule has 0 amide bonds. The maximum absolute atomic E-state index is 12.5. The van der Waals surface area contributed by atoms with Gasteiger partial charge in [-0.2, -0.15) is 0 Å². The van der Waals surface area contributed by atoms with Crippen molar-refractivity contribution >= 4 is 28.8 Å². The standard InChI is InChI=1S/C17H18O4S2/c1-11-8-12(2)17(13(3)9-11)23(20)21-14-4-6-15(7-5-14)22-10-16(18)19/h4-9H,10H2,1-3H3,(H,18,19). The Morgan fingerprint density at radius 2 is 1.70 bits per heavy atom. The number of aliphatic carboxylic acids is 1. The number of carboxylic acids is 1. The Kier molecular flexibility index (Phi) is 5.85. The second kappa shape index (κ2) is 7.66. The molecule has 0 heterocycles. The molecule has 0 aromatic heterocycles. The van der Waals surface area contributed by atoms with Crippen molar-refractivity contribution in [3.63, 3.8) is 0 Å². The van der Waals surface area contributed by atoms with E-state index in [0.29, 0.717) is 10.6 Å². The quantitative estimate of drug-likeness (QED) is 0.801. The third-order valence-electron chi connectivity index (χ3n) is 3.13. The summed E-state index contributed by atoms with van der Waals surface area (Å²) in [5.74, 6) is -0.363. The summed E-state index contributed by atoms with van der Waals surface area (Å²) in [5.41, 5.74) is 3.00. The highest BCUT2D eigenvalue weighted by Gasteiger charge is 2.14. The van der Waals surface area contributed by atoms with Crippen LogP contribution in [0.5, 0.6) is 5.75 Å². The minimum absolute atomic E-state index is 0.00783. The van der Waals surface area contributed by atoms with E-state index < -0.39 is 17.0 Å². The number of thioether (sulfide) groups is 1. The van der Waals surface area contributed by atoms with Gasteiger partial charge in [0.25, 0.3) is 0 Å². The maximum Gasteiger partial charge on any atom is 0.313 e. The van der Waals surface area contributed by atoms with Crippen molar-refractivity contribution in [1.29, 1.82) is 0 Å². The Bertz CT molecular complexity index is 716. The highest BCUT2D eigenvalue weighted by atomic mass is 32.2. The average molecular weight is 350 g/mol. The van der Waals surface area contributed by atoms with Gasteiger partial charge in [0, 0.05) is 4.90 Å². The molecule has 0 aliphatic carbocycles. The molecule has 122 valence electrons. The van der Waals surface area contributed by atoms with Gasteiger partial charge in [-0.05, 0) is 56.2 Å². The van der Waals surface area contributed by atoms with Crippen LogP contribution in [0, 0.1) is 20.8 Å². The third-order valence-corrected chi connectivity index (χ3v) is 5.45. The van der Waals surface area contributed by atoms with E-state index in [1.165, 1.54) is 11.8 Å². The molecule has 2 aromatic rings. The van der Waals surface area contributed by atoms with Crippen LogP contribution in [-0.4, -0.2) is 21.0 Å². The predicted molar refractivity (Wildman–Crippen MR) is 92.5 cm³/mol. The van der Waals surface area contributed by atoms with Crippen LogP contribution in [0.3, 0.4) is 0 Å². The van der Waals surface area contributed by atoms with Gasteiger partial charge in [0.2, 0.25) is 11.1 Å². The third kappa shape index (κ3) is 4.84. The number of carboxylic acid groups (broad SMARTS) is 1. The lowest BCUT2D eigenvalue weighted by Gasteiger charge is -2.11. The molecular formula is C17H18O4S2. The second-order valence-electron chi connectivity index (χ2n) is 5.20. The molecule has 0 radical (unpaired) electrons. The molecule has 23 heavy (non-hydrogen) atoms. The summed E-state index contributed by atoms with van der Waals surface area (Å²) in [4.78, 5) is 12.1. The highest BCUT2D eigenvalue weighted by Crippen LogP contribution is 2.25. The summed E-state index contributed by atoms with van der Waals surface area (Å²) >= 11 is -0.356. The van der Waals surface area contributed by atoms with Crippen LogP contribution < -0.4 is 4.18 Å². The van der Waals surface area contributed by atoms with Crippen LogP contribution in [0.25, 0.3) is 0 Å². The van der Waals surface area contributed by atoms with Crippen molar-refractivity contribution < 1.29 is 18.3 Å². The van der Waals surface area contributed by atoms with Gasteiger partial charge in [0.1, 0.15) is 5.75 Å². The number of carbonyl (C=O) groups is 1. The summed E-state index contributed by atoms with van der Waals surface area (Å²) in [6.07, 6.45) is 0. The van der Waals surface area contributed by atoms with Gasteiger partial charge >= 0.3 is 5.97 Å². The number of benzene rings is 2. The van der Waals surface area contributed by atoms with Crippen LogP contribution >= 0.6 is 11.8 Å². The van der Waals surface area contributed by atoms with E-state index in [1.807, 2.05) is 32.9 Å². The first-order chi connectivity index (χ1) is 10.9. The molecule has 1 N–H and O–H groups in total. The predicted octanol–water partition coefficient (Wildman–Crippen LogP) is 3.89. The Balaban J connectivity index is 2.10. The van der Waals surface area contributed by atoms with Crippen molar-refractivity contribution in [3.05, 3.63) is 53.1 Å². The lowest BCUT2D eigenvalue weighted by atomic mass is 10.1. The zero-order valence-corrected chi connectivity index (χ0v) is 14.8. The fraction of sp³-hybridized carbons (Fsp3) is 0.235. The molecule has 2 rings (SSSR count). The monoisotopic (exact) mass is 350 g/mol. The van der Waals surface area contributed by atoms with Crippen LogP contribution in [0.15, 0.2) is 46.2 Å². The molecule has 2 aromatic carbocycles. The topological polar surface area (TPSA) is 63.6 Å². The zero-order valence-electron chi connectivity index (χ0n) is 13.2. The summed E-state index contributed by atoms with van der Waals surface area (Å²) in [6.45, 7) is 5.84. The summed E-state index contributed by atoms with van der Waals surface area (Å²) in [6, 6.07) is 10.9. The number of rotatable bonds is 6. The van der Waals surface area contributed by atoms with Crippen LogP contribution in [0.1, 0.15) is 16.7 Å². The van der Waals surface area contributed by atoms with E-state index in [1.54, 1.807) is 24.3 Å². The fourth-order valence-corrected chi connectivity index (χ4v) is 3.93. The molecule has 0 aliphatic rings. The summed E-state index contributed by atoms with van der Waals surface area (Å²) in [5, 5.41) is 8.66. The molecule has 0 aliphatic heterocycles. The van der Waals surface area contributed by atoms with Gasteiger partial charge in [0.15, 0.2) is 0 Å². The van der Waals surface area contributed by atoms with Crippen molar-refractivity contribution in [2.75, 3.05) is 5.75 Å². The van der Waals surface area contributed by atoms with E-state index in [0.717, 1.165) is 21.6 Å². The van der Waals surface area contributed by atoms with Crippen molar-refractivity contribution in [1.82, 2.24) is 0 Å². The molecule has 1 unspecified atom stereocenters. The minimum Gasteiger partial charge on any atom is -0.481 e. The van der Waals surface area contributed by atoms with E-state index in [2.05, 4.69) is 0 Å². The summed E-state index contributed by atoms with van der Waals surface area (Å²) in [7, 11) is 0. The minimum atomic E-state index is -1.58. The number of hydrogen-bond acceptors (Lipinski definition) is 4. The van der Waals surface area contributed by atoms with Gasteiger partial charge < -0.3 is 9.29 Å². The second-order valence-corrected chi connectivity index (χ2v) is 7.29. The van der Waals surface area contributed by atoms with Crippen molar-refractivity contribution in [3.8, 4) is 5.75 Å². The lowest BCUT2D eigenvalue weighted by Crippen LogP contribution is -2.05. The molecule has 1 atom stereocenters. The van der Waals surface area contributed by atoms with E-state index in [9.17, 15) is 9.00 Å². The van der Waals surface area contributed by atoms with E-state index >= 15 is 0 Å². The number of hydrogen-bond donors (Lipinski definition) is 1. The Hall–Kier alpha value is -1.79. The van der Waals surface area contributed by atoms with Gasteiger partial charge in [0.05, 0.1) is 10.6 Å². The van der Waals surface area contributed by atoms with E-state index in [-0.39, 0.29) is 5.75 Å². The van der Waals surface area contributed by atoms with Crippen molar-refractivity contribution in [2.24, 2.45) is 0 Å². The van der Waals surface area contributed by atoms with Crippen LogP contribution in [-0.2, 0) is 15.9 Å². The Morgan fingerprint density at radius 3 is 2.22 bits per heavy atom. The lowest BCUT2D eigenvalue weighted by molar-refractivity contribution is -0.133. The zero-order chi connectivity index (χ0) is 17.0. The SMILES string of the molecule is Cc1cc(C)c(S(=O)Oc2ccc(SCC(=O)O)cc2)c(C)c1. The van der Waals surface area contributed by atoms with Crippen LogP contribution in [0.2, 0.25) is 0 Å². The normalized spacial score (nSPS) is 12.0. The largest absolute Gasteiger partial charge is 0.481 e. The summed E-state index contributed by atoms with van der Waals surface area (Å²) < 4.78 is 18.0. The molecular weight excluding hydrogens is 332 g/mol. The molecule has 4 nitrogen and oxygen atoms in total. The first-order valence-corrected chi connectivity index (χ1v) is 9.05. The van der Waals surface area contributed by atoms with Gasteiger partial charge in [-0.3, -0.25) is 4.79 Å². The highest BCUT2D eigenvalue weighted by molar-refractivity contribution is 8.00. The van der Waals surface area contributed by atoms with Gasteiger partial charge in [-0.1, -0.05) is 17.7 Å². The molecule has 0 bridgehead atoms. The van der Waals surface area contributed by atoms with E-state index in [4.69, 9.17) is 9.29 Å². The average Bonchev–Trinajstić information content (AvgIpc) is 2.45.